The van der Waals surface area contributed by atoms with E-state index in [-0.39, 0.29) is 11.4 Å². The van der Waals surface area contributed by atoms with Gasteiger partial charge in [-0.3, -0.25) is 0 Å². The predicted octanol–water partition coefficient (Wildman–Crippen LogP) is 2.35. The van der Waals surface area contributed by atoms with Gasteiger partial charge in [0.15, 0.2) is 0 Å². The van der Waals surface area contributed by atoms with Crippen molar-refractivity contribution in [2.45, 2.75) is 49.9 Å². The third kappa shape index (κ3) is 3.60. The molecule has 0 amide bonds. The van der Waals surface area contributed by atoms with Gasteiger partial charge in [-0.15, -0.1) is 0 Å². The van der Waals surface area contributed by atoms with Crippen LogP contribution in [0, 0.1) is 0 Å². The molecule has 1 aliphatic heterocycles. The van der Waals surface area contributed by atoms with Crippen molar-refractivity contribution in [1.29, 1.82) is 0 Å². The molecule has 22 heavy (non-hydrogen) atoms. The zero-order chi connectivity index (χ0) is 15.6. The van der Waals surface area contributed by atoms with Crippen molar-refractivity contribution in [2.24, 2.45) is 0 Å². The second-order valence-corrected chi connectivity index (χ2v) is 9.00. The Hall–Kier alpha value is -0.730. The van der Waals surface area contributed by atoms with Crippen LogP contribution in [0.1, 0.15) is 38.5 Å². The lowest BCUT2D eigenvalue weighted by molar-refractivity contribution is 0.197. The van der Waals surface area contributed by atoms with Crippen molar-refractivity contribution >= 4 is 26.0 Å². The number of hydrogen-bond acceptors (Lipinski definition) is 5. The summed E-state index contributed by atoms with van der Waals surface area (Å²) in [5, 5.41) is -0.205. The molecule has 1 aromatic rings. The van der Waals surface area contributed by atoms with E-state index >= 15 is 0 Å². The Morgan fingerprint density at radius 3 is 2.50 bits per heavy atom. The molecule has 3 rings (SSSR count). The SMILES string of the molecule is O=S(=O)(C1CCCCC1)N1CC[C@@H](Oc2ncc(Br)cn2)C1. The van der Waals surface area contributed by atoms with Crippen molar-refractivity contribution in [2.75, 3.05) is 13.1 Å². The summed E-state index contributed by atoms with van der Waals surface area (Å²) < 4.78 is 33.4. The summed E-state index contributed by atoms with van der Waals surface area (Å²) in [7, 11) is -3.19. The first-order chi connectivity index (χ1) is 10.6. The summed E-state index contributed by atoms with van der Waals surface area (Å²) in [5.41, 5.74) is 0. The van der Waals surface area contributed by atoms with Gasteiger partial charge >= 0.3 is 6.01 Å². The summed E-state index contributed by atoms with van der Waals surface area (Å²) in [5.74, 6) is 0. The molecule has 1 aromatic heterocycles. The zero-order valence-electron chi connectivity index (χ0n) is 12.3. The fourth-order valence-corrected chi connectivity index (χ4v) is 5.40. The van der Waals surface area contributed by atoms with Crippen molar-refractivity contribution in [3.8, 4) is 6.01 Å². The minimum atomic E-state index is -3.19. The Balaban J connectivity index is 1.60. The van der Waals surface area contributed by atoms with E-state index in [2.05, 4.69) is 25.9 Å². The average molecular weight is 390 g/mol. The van der Waals surface area contributed by atoms with Crippen molar-refractivity contribution in [3.05, 3.63) is 16.9 Å². The van der Waals surface area contributed by atoms with Crippen LogP contribution in [0.25, 0.3) is 0 Å². The molecule has 2 heterocycles. The molecule has 2 aliphatic rings. The summed E-state index contributed by atoms with van der Waals surface area (Å²) >= 11 is 3.27. The normalized spacial score (nSPS) is 24.5. The topological polar surface area (TPSA) is 72.4 Å². The number of halogens is 1. The molecule has 0 aromatic carbocycles. The first-order valence-corrected chi connectivity index (χ1v) is 9.98. The van der Waals surface area contributed by atoms with Crippen LogP contribution in [-0.2, 0) is 10.0 Å². The van der Waals surface area contributed by atoms with Gasteiger partial charge < -0.3 is 4.74 Å². The van der Waals surface area contributed by atoms with Crippen LogP contribution in [0.4, 0.5) is 0 Å². The summed E-state index contributed by atoms with van der Waals surface area (Å²) in [6.07, 6.45) is 8.53. The van der Waals surface area contributed by atoms with Crippen molar-refractivity contribution in [3.63, 3.8) is 0 Å². The van der Waals surface area contributed by atoms with Gasteiger partial charge in [0, 0.05) is 18.9 Å². The molecule has 122 valence electrons. The number of aromatic nitrogens is 2. The Bertz CT molecular complexity index is 602. The van der Waals surface area contributed by atoms with E-state index in [1.165, 1.54) is 0 Å². The van der Waals surface area contributed by atoms with Gasteiger partial charge in [-0.1, -0.05) is 19.3 Å². The highest BCUT2D eigenvalue weighted by molar-refractivity contribution is 9.10. The first kappa shape index (κ1) is 16.1. The maximum Gasteiger partial charge on any atom is 0.316 e. The van der Waals surface area contributed by atoms with Gasteiger partial charge in [0.05, 0.1) is 16.3 Å². The molecule has 6 nitrogen and oxygen atoms in total. The van der Waals surface area contributed by atoms with Gasteiger partial charge in [0.1, 0.15) is 6.10 Å². The van der Waals surface area contributed by atoms with Crippen LogP contribution in [0.5, 0.6) is 6.01 Å². The Morgan fingerprint density at radius 1 is 1.14 bits per heavy atom. The molecule has 1 saturated heterocycles. The smallest absolute Gasteiger partial charge is 0.316 e. The highest BCUT2D eigenvalue weighted by Crippen LogP contribution is 2.28. The fraction of sp³-hybridized carbons (Fsp3) is 0.714. The predicted molar refractivity (Wildman–Crippen MR) is 86.1 cm³/mol. The molecule has 0 N–H and O–H groups in total. The zero-order valence-corrected chi connectivity index (χ0v) is 14.7. The third-order valence-corrected chi connectivity index (χ3v) is 7.08. The molecule has 2 fully saturated rings. The van der Waals surface area contributed by atoms with Gasteiger partial charge in [0.2, 0.25) is 10.0 Å². The summed E-state index contributed by atoms with van der Waals surface area (Å²) in [4.78, 5) is 8.14. The maximum absolute atomic E-state index is 12.7. The number of ether oxygens (including phenoxy) is 1. The van der Waals surface area contributed by atoms with E-state index in [1.807, 2.05) is 0 Å². The Morgan fingerprint density at radius 2 is 1.82 bits per heavy atom. The van der Waals surface area contributed by atoms with E-state index in [0.29, 0.717) is 25.5 Å². The van der Waals surface area contributed by atoms with Gasteiger partial charge in [-0.2, -0.15) is 4.31 Å². The highest BCUT2D eigenvalue weighted by Gasteiger charge is 2.38. The average Bonchev–Trinajstić information content (AvgIpc) is 3.00. The minimum absolute atomic E-state index is 0.167. The number of sulfonamides is 1. The molecular formula is C14H20BrN3O3S. The van der Waals surface area contributed by atoms with Crippen LogP contribution in [0.2, 0.25) is 0 Å². The number of nitrogens with zero attached hydrogens (tertiary/aromatic N) is 3. The molecule has 0 radical (unpaired) electrons. The van der Waals surface area contributed by atoms with Crippen LogP contribution in [0.3, 0.4) is 0 Å². The molecular weight excluding hydrogens is 370 g/mol. The van der Waals surface area contributed by atoms with Crippen molar-refractivity contribution in [1.82, 2.24) is 14.3 Å². The Kier molecular flexibility index (Phi) is 4.99. The quantitative estimate of drug-likeness (QED) is 0.789. The first-order valence-electron chi connectivity index (χ1n) is 7.69. The van der Waals surface area contributed by atoms with Crippen LogP contribution in [-0.4, -0.2) is 47.1 Å². The Labute approximate surface area is 139 Å². The molecule has 1 aliphatic carbocycles. The van der Waals surface area contributed by atoms with Gasteiger partial charge in [-0.05, 0) is 35.2 Å². The fourth-order valence-electron chi connectivity index (χ4n) is 3.11. The lowest BCUT2D eigenvalue weighted by Gasteiger charge is -2.26. The largest absolute Gasteiger partial charge is 0.459 e. The molecule has 0 spiro atoms. The second kappa shape index (κ2) is 6.80. The van der Waals surface area contributed by atoms with Gasteiger partial charge in [-0.25, -0.2) is 18.4 Å². The summed E-state index contributed by atoms with van der Waals surface area (Å²) in [6.45, 7) is 0.929. The monoisotopic (exact) mass is 389 g/mol. The van der Waals surface area contributed by atoms with E-state index in [1.54, 1.807) is 16.7 Å². The van der Waals surface area contributed by atoms with E-state index in [9.17, 15) is 8.42 Å². The molecule has 0 bridgehead atoms. The van der Waals surface area contributed by atoms with Crippen molar-refractivity contribution < 1.29 is 13.2 Å². The second-order valence-electron chi connectivity index (χ2n) is 5.88. The van der Waals surface area contributed by atoms with E-state index < -0.39 is 10.0 Å². The summed E-state index contributed by atoms with van der Waals surface area (Å²) in [6, 6.07) is 0.296. The standard InChI is InChI=1S/C14H20BrN3O3S/c15-11-8-16-14(17-9-11)21-12-6-7-18(10-12)22(19,20)13-4-2-1-3-5-13/h8-9,12-13H,1-7,10H2/t12-/m1/s1. The van der Waals surface area contributed by atoms with Crippen LogP contribution >= 0.6 is 15.9 Å². The number of hydrogen-bond donors (Lipinski definition) is 0. The van der Waals surface area contributed by atoms with Gasteiger partial charge in [0.25, 0.3) is 0 Å². The van der Waals surface area contributed by atoms with E-state index in [0.717, 1.165) is 36.6 Å². The minimum Gasteiger partial charge on any atom is -0.459 e. The number of rotatable bonds is 4. The molecule has 1 saturated carbocycles. The lowest BCUT2D eigenvalue weighted by atomic mass is 10.0. The van der Waals surface area contributed by atoms with Crippen LogP contribution < -0.4 is 4.74 Å². The molecule has 1 atom stereocenters. The lowest BCUT2D eigenvalue weighted by Crippen LogP contribution is -2.39. The third-order valence-electron chi connectivity index (χ3n) is 4.31. The molecule has 8 heteroatoms. The molecule has 0 unspecified atom stereocenters. The van der Waals surface area contributed by atoms with E-state index in [4.69, 9.17) is 4.74 Å². The highest BCUT2D eigenvalue weighted by atomic mass is 79.9. The van der Waals surface area contributed by atoms with Crippen LogP contribution in [0.15, 0.2) is 16.9 Å². The maximum atomic E-state index is 12.7.